The average molecular weight is 322 g/mol. The molecular formula is C16H19FN2O4. The van der Waals surface area contributed by atoms with Gasteiger partial charge < -0.3 is 19.7 Å². The van der Waals surface area contributed by atoms with Crippen LogP contribution in [0.3, 0.4) is 0 Å². The van der Waals surface area contributed by atoms with Crippen molar-refractivity contribution < 1.29 is 23.5 Å². The number of anilines is 2. The van der Waals surface area contributed by atoms with Crippen LogP contribution in [-0.4, -0.2) is 39.2 Å². The molecular weight excluding hydrogens is 303 g/mol. The Morgan fingerprint density at radius 1 is 1.22 bits per heavy atom. The number of rotatable bonds is 5. The molecule has 0 bridgehead atoms. The third-order valence-corrected chi connectivity index (χ3v) is 3.55. The van der Waals surface area contributed by atoms with Crippen LogP contribution in [0.2, 0.25) is 0 Å². The Labute approximate surface area is 133 Å². The van der Waals surface area contributed by atoms with E-state index in [9.17, 15) is 14.0 Å². The Kier molecular flexibility index (Phi) is 5.56. The van der Waals surface area contributed by atoms with Gasteiger partial charge in [0.1, 0.15) is 11.5 Å². The molecule has 0 aromatic heterocycles. The molecule has 0 amide bonds. The number of ether oxygens (including phenoxy) is 2. The summed E-state index contributed by atoms with van der Waals surface area (Å²) in [6, 6.07) is 4.54. The van der Waals surface area contributed by atoms with Crippen molar-refractivity contribution in [2.75, 3.05) is 37.5 Å². The molecule has 1 aromatic carbocycles. The van der Waals surface area contributed by atoms with E-state index in [1.165, 1.54) is 26.4 Å². The number of carbonyl (C=O) groups excluding carboxylic acids is 2. The first-order chi connectivity index (χ1) is 11.1. The fraction of sp³-hybridized carbons (Fsp3) is 0.375. The lowest BCUT2D eigenvalue weighted by Gasteiger charge is -2.23. The molecule has 1 aliphatic rings. The number of nitrogens with zero attached hydrogens (tertiary/aromatic N) is 1. The quantitative estimate of drug-likeness (QED) is 0.661. The smallest absolute Gasteiger partial charge is 0.354 e. The van der Waals surface area contributed by atoms with E-state index in [1.807, 2.05) is 4.90 Å². The summed E-state index contributed by atoms with van der Waals surface area (Å²) in [5.74, 6) is -1.84. The molecule has 23 heavy (non-hydrogen) atoms. The van der Waals surface area contributed by atoms with Crippen molar-refractivity contribution >= 4 is 23.3 Å². The maximum atomic E-state index is 14.3. The van der Waals surface area contributed by atoms with Crippen LogP contribution in [0.1, 0.15) is 12.8 Å². The van der Waals surface area contributed by atoms with Crippen LogP contribution in [0.4, 0.5) is 15.8 Å². The molecule has 0 radical (unpaired) electrons. The molecule has 6 nitrogen and oxygen atoms in total. The lowest BCUT2D eigenvalue weighted by atomic mass is 10.2. The summed E-state index contributed by atoms with van der Waals surface area (Å²) in [5.41, 5.74) is 0.655. The van der Waals surface area contributed by atoms with Crippen molar-refractivity contribution in [1.29, 1.82) is 0 Å². The number of hydrogen-bond acceptors (Lipinski definition) is 6. The largest absolute Gasteiger partial charge is 0.466 e. The van der Waals surface area contributed by atoms with Crippen LogP contribution < -0.4 is 10.2 Å². The lowest BCUT2D eigenvalue weighted by Crippen LogP contribution is -2.22. The van der Waals surface area contributed by atoms with Gasteiger partial charge >= 0.3 is 11.9 Å². The van der Waals surface area contributed by atoms with Gasteiger partial charge in [0, 0.05) is 13.1 Å². The molecule has 1 aliphatic heterocycles. The highest BCUT2D eigenvalue weighted by Crippen LogP contribution is 2.32. The van der Waals surface area contributed by atoms with Gasteiger partial charge in [-0.3, -0.25) is 0 Å². The zero-order valence-corrected chi connectivity index (χ0v) is 13.1. The summed E-state index contributed by atoms with van der Waals surface area (Å²) in [6.45, 7) is 1.48. The second-order valence-electron chi connectivity index (χ2n) is 5.03. The highest BCUT2D eigenvalue weighted by atomic mass is 19.1. The normalized spacial score (nSPS) is 14.6. The minimum Gasteiger partial charge on any atom is -0.466 e. The molecule has 2 rings (SSSR count). The third kappa shape index (κ3) is 4.00. The summed E-state index contributed by atoms with van der Waals surface area (Å²) >= 11 is 0. The number of halogens is 1. The Hall–Kier alpha value is -2.57. The summed E-state index contributed by atoms with van der Waals surface area (Å²) in [7, 11) is 2.40. The van der Waals surface area contributed by atoms with Crippen molar-refractivity contribution in [3.8, 4) is 0 Å². The molecule has 0 aliphatic carbocycles. The molecule has 1 saturated heterocycles. The van der Waals surface area contributed by atoms with E-state index in [-0.39, 0.29) is 11.5 Å². The lowest BCUT2D eigenvalue weighted by molar-refractivity contribution is -0.138. The molecule has 0 unspecified atom stereocenters. The molecule has 1 aromatic rings. The van der Waals surface area contributed by atoms with Gasteiger partial charge in [0.25, 0.3) is 0 Å². The molecule has 1 N–H and O–H groups in total. The summed E-state index contributed by atoms with van der Waals surface area (Å²) in [5, 5.41) is 2.79. The highest BCUT2D eigenvalue weighted by molar-refractivity contribution is 5.99. The summed E-state index contributed by atoms with van der Waals surface area (Å²) < 4.78 is 23.4. The third-order valence-electron chi connectivity index (χ3n) is 3.55. The minimum absolute atomic E-state index is 0.120. The Balaban J connectivity index is 2.36. The van der Waals surface area contributed by atoms with E-state index >= 15 is 0 Å². The summed E-state index contributed by atoms with van der Waals surface area (Å²) in [4.78, 5) is 25.1. The van der Waals surface area contributed by atoms with E-state index in [1.54, 1.807) is 6.07 Å². The van der Waals surface area contributed by atoms with E-state index in [4.69, 9.17) is 0 Å². The standard InChI is InChI=1S/C16H19FN2O4/c1-22-14(20)10-13(16(21)23-2)18-12-7-5-6-11(17)15(12)19-8-3-4-9-19/h5-7,10,18H,3-4,8-9H2,1-2H3/b13-10+. The van der Waals surface area contributed by atoms with Crippen LogP contribution >= 0.6 is 0 Å². The highest BCUT2D eigenvalue weighted by Gasteiger charge is 2.22. The van der Waals surface area contributed by atoms with E-state index < -0.39 is 11.9 Å². The molecule has 0 spiro atoms. The van der Waals surface area contributed by atoms with E-state index in [0.29, 0.717) is 11.4 Å². The van der Waals surface area contributed by atoms with Crippen molar-refractivity contribution in [2.24, 2.45) is 0 Å². The van der Waals surface area contributed by atoms with Gasteiger partial charge in [0.2, 0.25) is 0 Å². The number of benzene rings is 1. The first-order valence-electron chi connectivity index (χ1n) is 7.25. The van der Waals surface area contributed by atoms with Crippen molar-refractivity contribution in [3.05, 3.63) is 35.8 Å². The SMILES string of the molecule is COC(=O)/C=C(/Nc1cccc(F)c1N1CCCC1)C(=O)OC. The van der Waals surface area contributed by atoms with Gasteiger partial charge in [0.05, 0.1) is 31.7 Å². The molecule has 1 fully saturated rings. The molecule has 7 heteroatoms. The van der Waals surface area contributed by atoms with Gasteiger partial charge in [0.15, 0.2) is 0 Å². The van der Waals surface area contributed by atoms with Crippen molar-refractivity contribution in [1.82, 2.24) is 0 Å². The van der Waals surface area contributed by atoms with Gasteiger partial charge in [-0.05, 0) is 25.0 Å². The maximum Gasteiger partial charge on any atom is 0.354 e. The molecule has 124 valence electrons. The van der Waals surface area contributed by atoms with Crippen molar-refractivity contribution in [2.45, 2.75) is 12.8 Å². The Morgan fingerprint density at radius 3 is 2.52 bits per heavy atom. The number of methoxy groups -OCH3 is 2. The average Bonchev–Trinajstić information content (AvgIpc) is 3.07. The summed E-state index contributed by atoms with van der Waals surface area (Å²) in [6.07, 6.45) is 2.94. The predicted octanol–water partition coefficient (Wildman–Crippen LogP) is 2.07. The van der Waals surface area contributed by atoms with Gasteiger partial charge in [-0.15, -0.1) is 0 Å². The molecule has 0 saturated carbocycles. The second kappa shape index (κ2) is 7.62. The fourth-order valence-electron chi connectivity index (χ4n) is 2.46. The maximum absolute atomic E-state index is 14.3. The Bertz CT molecular complexity index is 625. The van der Waals surface area contributed by atoms with Crippen LogP contribution in [0.15, 0.2) is 30.0 Å². The first-order valence-corrected chi connectivity index (χ1v) is 7.25. The van der Waals surface area contributed by atoms with Gasteiger partial charge in [-0.1, -0.05) is 6.07 Å². The van der Waals surface area contributed by atoms with Crippen LogP contribution in [-0.2, 0) is 19.1 Å². The zero-order valence-electron chi connectivity index (χ0n) is 13.1. The molecule has 1 heterocycles. The van der Waals surface area contributed by atoms with Gasteiger partial charge in [-0.2, -0.15) is 0 Å². The number of para-hydroxylation sites is 1. The van der Waals surface area contributed by atoms with E-state index in [2.05, 4.69) is 14.8 Å². The topological polar surface area (TPSA) is 67.9 Å². The van der Waals surface area contributed by atoms with Gasteiger partial charge in [-0.25, -0.2) is 14.0 Å². The number of carbonyl (C=O) groups is 2. The number of esters is 2. The minimum atomic E-state index is -0.743. The predicted molar refractivity (Wildman–Crippen MR) is 83.6 cm³/mol. The zero-order chi connectivity index (χ0) is 16.8. The van der Waals surface area contributed by atoms with E-state index in [0.717, 1.165) is 32.0 Å². The second-order valence-corrected chi connectivity index (χ2v) is 5.03. The fourth-order valence-corrected chi connectivity index (χ4v) is 2.46. The van der Waals surface area contributed by atoms with Crippen LogP contribution in [0.25, 0.3) is 0 Å². The van der Waals surface area contributed by atoms with Crippen molar-refractivity contribution in [3.63, 3.8) is 0 Å². The Morgan fingerprint density at radius 2 is 1.91 bits per heavy atom. The number of hydrogen-bond donors (Lipinski definition) is 1. The van der Waals surface area contributed by atoms with Crippen LogP contribution in [0.5, 0.6) is 0 Å². The van der Waals surface area contributed by atoms with Crippen LogP contribution in [0, 0.1) is 5.82 Å². The monoisotopic (exact) mass is 322 g/mol. The first kappa shape index (κ1) is 16.8. The molecule has 0 atom stereocenters. The number of nitrogens with one attached hydrogen (secondary N) is 1.